The molecule has 4 rings (SSSR count). The second-order valence-corrected chi connectivity index (χ2v) is 9.72. The Morgan fingerprint density at radius 3 is 2.32 bits per heavy atom. The van der Waals surface area contributed by atoms with Crippen molar-refractivity contribution in [2.75, 3.05) is 45.0 Å². The predicted molar refractivity (Wildman–Crippen MR) is 145 cm³/mol. The van der Waals surface area contributed by atoms with E-state index in [2.05, 4.69) is 30.1 Å². The molecular formula is C27H34N8O3. The van der Waals surface area contributed by atoms with Crippen LogP contribution in [0.4, 0.5) is 16.3 Å². The summed E-state index contributed by atoms with van der Waals surface area (Å²) in [6.07, 6.45) is 1.59. The lowest BCUT2D eigenvalue weighted by molar-refractivity contribution is 0.0826. The quantitative estimate of drug-likeness (QED) is 0.519. The van der Waals surface area contributed by atoms with E-state index in [0.29, 0.717) is 36.6 Å². The predicted octanol–water partition coefficient (Wildman–Crippen LogP) is 2.89. The van der Waals surface area contributed by atoms with E-state index in [1.807, 2.05) is 32.0 Å². The van der Waals surface area contributed by atoms with Gasteiger partial charge in [0.2, 0.25) is 0 Å². The van der Waals surface area contributed by atoms with Crippen molar-refractivity contribution in [2.24, 2.45) is 0 Å². The van der Waals surface area contributed by atoms with Crippen molar-refractivity contribution in [3.05, 3.63) is 70.9 Å². The molecule has 3 aromatic rings. The van der Waals surface area contributed by atoms with Crippen molar-refractivity contribution in [3.63, 3.8) is 0 Å². The van der Waals surface area contributed by atoms with Crippen LogP contribution in [-0.2, 0) is 13.1 Å². The maximum Gasteiger partial charge on any atom is 0.321 e. The van der Waals surface area contributed by atoms with Crippen molar-refractivity contribution in [3.8, 4) is 0 Å². The lowest BCUT2D eigenvalue weighted by atomic mass is 10.1. The molecule has 0 unspecified atom stereocenters. The number of hydrogen-bond acceptors (Lipinski definition) is 6. The average molecular weight is 519 g/mol. The summed E-state index contributed by atoms with van der Waals surface area (Å²) in [7, 11) is 6.77. The molecule has 1 aliphatic rings. The molecule has 0 radical (unpaired) electrons. The number of carbonyl (C=O) groups is 3. The van der Waals surface area contributed by atoms with Crippen molar-refractivity contribution < 1.29 is 14.4 Å². The summed E-state index contributed by atoms with van der Waals surface area (Å²) in [6, 6.07) is 10.6. The molecule has 0 spiro atoms. The lowest BCUT2D eigenvalue weighted by Gasteiger charge is -2.36. The topological polar surface area (TPSA) is 116 Å². The number of imidazole rings is 1. The monoisotopic (exact) mass is 518 g/mol. The minimum atomic E-state index is -0.250. The molecule has 1 atom stereocenters. The summed E-state index contributed by atoms with van der Waals surface area (Å²) in [5, 5.41) is 5.77. The van der Waals surface area contributed by atoms with Crippen LogP contribution in [0.5, 0.6) is 0 Å². The SMILES string of the molecule is Cc1nc(C(=O)NCc2ccc(NC(=O)N(C)C)cc2)c2n1CCN(c1ccc(C(=O)N(C)C)cn1)[C@H]2C. The van der Waals surface area contributed by atoms with E-state index in [4.69, 9.17) is 0 Å². The van der Waals surface area contributed by atoms with Crippen LogP contribution in [0.25, 0.3) is 0 Å². The second-order valence-electron chi connectivity index (χ2n) is 9.72. The minimum Gasteiger partial charge on any atom is -0.347 e. The van der Waals surface area contributed by atoms with Crippen molar-refractivity contribution in [1.82, 2.24) is 29.7 Å². The van der Waals surface area contributed by atoms with Gasteiger partial charge in [-0.25, -0.2) is 14.8 Å². The fraction of sp³-hybridized carbons (Fsp3) is 0.370. The minimum absolute atomic E-state index is 0.101. The highest BCUT2D eigenvalue weighted by Crippen LogP contribution is 2.32. The van der Waals surface area contributed by atoms with Crippen molar-refractivity contribution in [1.29, 1.82) is 0 Å². The van der Waals surface area contributed by atoms with E-state index in [-0.39, 0.29) is 23.9 Å². The summed E-state index contributed by atoms with van der Waals surface area (Å²) >= 11 is 0. The summed E-state index contributed by atoms with van der Waals surface area (Å²) in [5.74, 6) is 1.18. The van der Waals surface area contributed by atoms with E-state index in [9.17, 15) is 14.4 Å². The van der Waals surface area contributed by atoms with Crippen LogP contribution < -0.4 is 15.5 Å². The van der Waals surface area contributed by atoms with Crippen molar-refractivity contribution >= 4 is 29.4 Å². The zero-order valence-electron chi connectivity index (χ0n) is 22.6. The number of amides is 4. The summed E-state index contributed by atoms with van der Waals surface area (Å²) in [4.78, 5) is 51.5. The molecule has 11 nitrogen and oxygen atoms in total. The Labute approximate surface area is 222 Å². The molecule has 0 saturated carbocycles. The fourth-order valence-corrected chi connectivity index (χ4v) is 4.46. The standard InChI is InChI=1S/C27H34N8O3/c1-17-24-23(25(36)29-15-19-7-10-21(11-8-19)31-27(38)33(5)6)30-18(2)35(24)14-13-34(17)22-12-9-20(16-28-22)26(37)32(3)4/h7-12,16-17H,13-15H2,1-6H3,(H,29,36)(H,31,38)/t17-/m0/s1. The molecule has 2 aromatic heterocycles. The number of urea groups is 1. The molecule has 200 valence electrons. The van der Waals surface area contributed by atoms with Crippen LogP contribution in [0.3, 0.4) is 0 Å². The van der Waals surface area contributed by atoms with Crippen LogP contribution >= 0.6 is 0 Å². The molecule has 2 N–H and O–H groups in total. The number of carbonyl (C=O) groups excluding carboxylic acids is 3. The number of benzene rings is 1. The molecular weight excluding hydrogens is 484 g/mol. The molecule has 1 aliphatic heterocycles. The first-order chi connectivity index (χ1) is 18.1. The lowest BCUT2D eigenvalue weighted by Crippen LogP contribution is -2.39. The number of hydrogen-bond donors (Lipinski definition) is 2. The van der Waals surface area contributed by atoms with Gasteiger partial charge >= 0.3 is 6.03 Å². The molecule has 0 saturated heterocycles. The zero-order chi connectivity index (χ0) is 27.6. The Balaban J connectivity index is 1.47. The van der Waals surface area contributed by atoms with E-state index in [1.54, 1.807) is 52.6 Å². The van der Waals surface area contributed by atoms with E-state index in [0.717, 1.165) is 22.9 Å². The van der Waals surface area contributed by atoms with Gasteiger partial charge in [0.1, 0.15) is 11.6 Å². The summed E-state index contributed by atoms with van der Waals surface area (Å²) < 4.78 is 2.09. The zero-order valence-corrected chi connectivity index (χ0v) is 22.6. The Bertz CT molecular complexity index is 1330. The van der Waals surface area contributed by atoms with E-state index < -0.39 is 0 Å². The number of rotatable bonds is 6. The number of fused-ring (bicyclic) bond motifs is 1. The fourth-order valence-electron chi connectivity index (χ4n) is 4.46. The molecule has 4 amide bonds. The normalized spacial score (nSPS) is 14.5. The number of nitrogens with zero attached hydrogens (tertiary/aromatic N) is 6. The molecule has 11 heteroatoms. The maximum atomic E-state index is 13.2. The van der Waals surface area contributed by atoms with Gasteiger partial charge in [0, 0.05) is 59.7 Å². The van der Waals surface area contributed by atoms with Crippen LogP contribution in [0.2, 0.25) is 0 Å². The molecule has 0 fully saturated rings. The van der Waals surface area contributed by atoms with Crippen LogP contribution in [0, 0.1) is 6.92 Å². The Hall–Kier alpha value is -4.41. The second kappa shape index (κ2) is 10.9. The van der Waals surface area contributed by atoms with E-state index in [1.165, 1.54) is 9.80 Å². The van der Waals surface area contributed by atoms with Gasteiger partial charge in [0.05, 0.1) is 17.3 Å². The Morgan fingerprint density at radius 1 is 1.00 bits per heavy atom. The highest BCUT2D eigenvalue weighted by atomic mass is 16.2. The van der Waals surface area contributed by atoms with Crippen LogP contribution in [-0.4, -0.2) is 76.9 Å². The van der Waals surface area contributed by atoms with Crippen LogP contribution in [0.15, 0.2) is 42.6 Å². The molecule has 0 aliphatic carbocycles. The van der Waals surface area contributed by atoms with Gasteiger partial charge in [-0.1, -0.05) is 12.1 Å². The van der Waals surface area contributed by atoms with Gasteiger partial charge in [-0.05, 0) is 43.7 Å². The summed E-state index contributed by atoms with van der Waals surface area (Å²) in [6.45, 7) is 5.64. The van der Waals surface area contributed by atoms with Gasteiger partial charge in [0.25, 0.3) is 11.8 Å². The van der Waals surface area contributed by atoms with Gasteiger partial charge in [-0.3, -0.25) is 9.59 Å². The first-order valence-corrected chi connectivity index (χ1v) is 12.4. The first kappa shape index (κ1) is 26.6. The maximum absolute atomic E-state index is 13.2. The van der Waals surface area contributed by atoms with Crippen LogP contribution in [0.1, 0.15) is 50.9 Å². The van der Waals surface area contributed by atoms with E-state index >= 15 is 0 Å². The summed E-state index contributed by atoms with van der Waals surface area (Å²) in [5.41, 5.74) is 3.34. The highest BCUT2D eigenvalue weighted by molar-refractivity contribution is 5.94. The number of pyridine rings is 1. The molecule has 1 aromatic carbocycles. The Morgan fingerprint density at radius 2 is 1.71 bits per heavy atom. The number of aryl methyl sites for hydroxylation is 1. The molecule has 3 heterocycles. The average Bonchev–Trinajstić information content (AvgIpc) is 3.25. The third kappa shape index (κ3) is 5.46. The largest absolute Gasteiger partial charge is 0.347 e. The van der Waals surface area contributed by atoms with Crippen molar-refractivity contribution in [2.45, 2.75) is 33.0 Å². The first-order valence-electron chi connectivity index (χ1n) is 12.4. The molecule has 0 bridgehead atoms. The van der Waals surface area contributed by atoms with Gasteiger partial charge in [-0.15, -0.1) is 0 Å². The highest BCUT2D eigenvalue weighted by Gasteiger charge is 2.32. The third-order valence-corrected chi connectivity index (χ3v) is 6.60. The van der Waals surface area contributed by atoms with Gasteiger partial charge in [0.15, 0.2) is 5.69 Å². The molecule has 38 heavy (non-hydrogen) atoms. The number of aromatic nitrogens is 3. The Kier molecular flexibility index (Phi) is 7.65. The van der Waals surface area contributed by atoms with Gasteiger partial charge in [-0.2, -0.15) is 0 Å². The smallest absolute Gasteiger partial charge is 0.321 e. The number of anilines is 2. The van der Waals surface area contributed by atoms with Gasteiger partial charge < -0.3 is 29.9 Å². The third-order valence-electron chi connectivity index (χ3n) is 6.60. The number of nitrogens with one attached hydrogen (secondary N) is 2.